The quantitative estimate of drug-likeness (QED) is 0.865. The van der Waals surface area contributed by atoms with Crippen LogP contribution in [0.15, 0.2) is 24.3 Å². The Morgan fingerprint density at radius 2 is 1.90 bits per heavy atom. The maximum absolute atomic E-state index is 10.2. The average Bonchev–Trinajstić information content (AvgIpc) is 2.48. The highest BCUT2D eigenvalue weighted by atomic mass is 16.3. The number of aliphatic hydroxyl groups is 1. The average molecular weight is 272 g/mol. The summed E-state index contributed by atoms with van der Waals surface area (Å²) in [6.45, 7) is 3.88. The van der Waals surface area contributed by atoms with Gasteiger partial charge in [-0.3, -0.25) is 0 Å². The Labute approximate surface area is 121 Å². The molecule has 1 saturated carbocycles. The lowest BCUT2D eigenvalue weighted by atomic mass is 9.76. The predicted octanol–water partition coefficient (Wildman–Crippen LogP) is 3.15. The zero-order valence-electron chi connectivity index (χ0n) is 12.2. The number of benzene rings is 1. The van der Waals surface area contributed by atoms with Gasteiger partial charge in [-0.25, -0.2) is 0 Å². The van der Waals surface area contributed by atoms with E-state index in [0.717, 1.165) is 12.1 Å². The van der Waals surface area contributed by atoms with Gasteiger partial charge in [0.25, 0.3) is 0 Å². The summed E-state index contributed by atoms with van der Waals surface area (Å²) in [6.07, 6.45) is 6.09. The number of nitriles is 1. The zero-order valence-corrected chi connectivity index (χ0v) is 12.2. The molecular weight excluding hydrogens is 248 g/mol. The molecule has 0 spiro atoms. The van der Waals surface area contributed by atoms with Crippen LogP contribution < -0.4 is 5.32 Å². The molecule has 1 aliphatic carbocycles. The van der Waals surface area contributed by atoms with E-state index in [1.54, 1.807) is 12.1 Å². The molecule has 0 bridgehead atoms. The van der Waals surface area contributed by atoms with Gasteiger partial charge in [0.2, 0.25) is 0 Å². The maximum atomic E-state index is 10.2. The lowest BCUT2D eigenvalue weighted by Crippen LogP contribution is -2.35. The molecule has 1 fully saturated rings. The van der Waals surface area contributed by atoms with Crippen molar-refractivity contribution < 1.29 is 5.11 Å². The van der Waals surface area contributed by atoms with E-state index in [2.05, 4.69) is 18.3 Å². The molecule has 108 valence electrons. The highest BCUT2D eigenvalue weighted by molar-refractivity contribution is 5.32. The third-order valence-corrected chi connectivity index (χ3v) is 4.37. The van der Waals surface area contributed by atoms with Crippen LogP contribution in [0.5, 0.6) is 0 Å². The van der Waals surface area contributed by atoms with E-state index in [1.807, 2.05) is 12.1 Å². The van der Waals surface area contributed by atoms with Crippen molar-refractivity contribution in [2.24, 2.45) is 5.41 Å². The second-order valence-corrected chi connectivity index (χ2v) is 6.25. The molecule has 3 nitrogen and oxygen atoms in total. The van der Waals surface area contributed by atoms with Crippen molar-refractivity contribution in [2.45, 2.75) is 45.1 Å². The minimum absolute atomic E-state index is 0.392. The van der Waals surface area contributed by atoms with Crippen LogP contribution in [0.1, 0.15) is 56.3 Å². The van der Waals surface area contributed by atoms with Gasteiger partial charge in [-0.2, -0.15) is 5.26 Å². The normalized spacial score (nSPS) is 19.2. The molecule has 1 unspecified atom stereocenters. The van der Waals surface area contributed by atoms with E-state index in [9.17, 15) is 5.11 Å². The van der Waals surface area contributed by atoms with Crippen molar-refractivity contribution in [3.8, 4) is 6.07 Å². The number of nitrogens with zero attached hydrogens (tertiary/aromatic N) is 1. The van der Waals surface area contributed by atoms with E-state index in [1.165, 1.54) is 32.1 Å². The van der Waals surface area contributed by atoms with Gasteiger partial charge in [0, 0.05) is 13.1 Å². The third kappa shape index (κ3) is 4.06. The second kappa shape index (κ2) is 6.88. The number of hydrogen-bond acceptors (Lipinski definition) is 3. The first-order valence-electron chi connectivity index (χ1n) is 7.52. The van der Waals surface area contributed by atoms with Crippen molar-refractivity contribution in [2.75, 3.05) is 13.1 Å². The lowest BCUT2D eigenvalue weighted by molar-refractivity contribution is 0.155. The molecule has 1 aromatic rings. The van der Waals surface area contributed by atoms with E-state index < -0.39 is 6.10 Å². The van der Waals surface area contributed by atoms with Gasteiger partial charge in [-0.15, -0.1) is 0 Å². The van der Waals surface area contributed by atoms with Crippen LogP contribution in [0.4, 0.5) is 0 Å². The summed E-state index contributed by atoms with van der Waals surface area (Å²) in [6, 6.07) is 9.24. The molecule has 2 rings (SSSR count). The molecule has 2 N–H and O–H groups in total. The van der Waals surface area contributed by atoms with Crippen molar-refractivity contribution in [3.63, 3.8) is 0 Å². The summed E-state index contributed by atoms with van der Waals surface area (Å²) in [5, 5.41) is 22.3. The highest BCUT2D eigenvalue weighted by Gasteiger charge is 2.26. The second-order valence-electron chi connectivity index (χ2n) is 6.25. The number of aliphatic hydroxyl groups excluding tert-OH is 1. The van der Waals surface area contributed by atoms with Gasteiger partial charge in [0.05, 0.1) is 17.7 Å². The molecule has 20 heavy (non-hydrogen) atoms. The molecule has 0 saturated heterocycles. The van der Waals surface area contributed by atoms with Crippen LogP contribution in [-0.4, -0.2) is 18.2 Å². The topological polar surface area (TPSA) is 56.0 Å². The molecule has 0 aromatic heterocycles. The lowest BCUT2D eigenvalue weighted by Gasteiger charge is -2.34. The smallest absolute Gasteiger partial charge is 0.0991 e. The minimum atomic E-state index is -0.505. The Balaban J connectivity index is 1.79. The number of nitrogens with one attached hydrogen (secondary N) is 1. The van der Waals surface area contributed by atoms with Crippen molar-refractivity contribution >= 4 is 0 Å². The van der Waals surface area contributed by atoms with E-state index in [0.29, 0.717) is 17.5 Å². The SMILES string of the molecule is CC1(CNCC(O)c2ccc(C#N)cc2)CCCCC1. The molecule has 3 heteroatoms. The van der Waals surface area contributed by atoms with Gasteiger partial charge in [0.1, 0.15) is 0 Å². The van der Waals surface area contributed by atoms with Crippen molar-refractivity contribution in [1.29, 1.82) is 5.26 Å². The number of rotatable bonds is 5. The largest absolute Gasteiger partial charge is 0.387 e. The Bertz CT molecular complexity index is 455. The molecule has 0 radical (unpaired) electrons. The summed E-state index contributed by atoms with van der Waals surface area (Å²) in [5.41, 5.74) is 1.89. The monoisotopic (exact) mass is 272 g/mol. The molecule has 1 aliphatic rings. The summed E-state index contributed by atoms with van der Waals surface area (Å²) in [7, 11) is 0. The molecule has 0 aliphatic heterocycles. The third-order valence-electron chi connectivity index (χ3n) is 4.37. The fourth-order valence-corrected chi connectivity index (χ4v) is 2.99. The van der Waals surface area contributed by atoms with Gasteiger partial charge >= 0.3 is 0 Å². The fraction of sp³-hybridized carbons (Fsp3) is 0.588. The number of hydrogen-bond donors (Lipinski definition) is 2. The van der Waals surface area contributed by atoms with Crippen molar-refractivity contribution in [3.05, 3.63) is 35.4 Å². The van der Waals surface area contributed by atoms with Gasteiger partial charge in [-0.05, 0) is 36.0 Å². The van der Waals surface area contributed by atoms with Crippen LogP contribution in [0.25, 0.3) is 0 Å². The molecule has 1 atom stereocenters. The maximum Gasteiger partial charge on any atom is 0.0991 e. The minimum Gasteiger partial charge on any atom is -0.387 e. The van der Waals surface area contributed by atoms with Crippen LogP contribution in [0.2, 0.25) is 0 Å². The molecule has 0 heterocycles. The molecule has 1 aromatic carbocycles. The van der Waals surface area contributed by atoms with Crippen LogP contribution in [0, 0.1) is 16.7 Å². The Morgan fingerprint density at radius 1 is 1.25 bits per heavy atom. The van der Waals surface area contributed by atoms with Gasteiger partial charge in [0.15, 0.2) is 0 Å². The standard InChI is InChI=1S/C17H24N2O/c1-17(9-3-2-4-10-17)13-19-12-16(20)15-7-5-14(11-18)6-8-15/h5-8,16,19-20H,2-4,9-10,12-13H2,1H3. The summed E-state index contributed by atoms with van der Waals surface area (Å²) >= 11 is 0. The first kappa shape index (κ1) is 15.0. The van der Waals surface area contributed by atoms with Crippen LogP contribution in [0.3, 0.4) is 0 Å². The summed E-state index contributed by atoms with van der Waals surface area (Å²) < 4.78 is 0. The van der Waals surface area contributed by atoms with Crippen LogP contribution in [-0.2, 0) is 0 Å². The summed E-state index contributed by atoms with van der Waals surface area (Å²) in [4.78, 5) is 0. The Kier molecular flexibility index (Phi) is 5.17. The highest BCUT2D eigenvalue weighted by Crippen LogP contribution is 2.34. The van der Waals surface area contributed by atoms with Gasteiger partial charge < -0.3 is 10.4 Å². The van der Waals surface area contributed by atoms with E-state index in [4.69, 9.17) is 5.26 Å². The van der Waals surface area contributed by atoms with Crippen molar-refractivity contribution in [1.82, 2.24) is 5.32 Å². The Morgan fingerprint density at radius 3 is 2.50 bits per heavy atom. The first-order valence-corrected chi connectivity index (χ1v) is 7.52. The zero-order chi connectivity index (χ0) is 14.4. The first-order chi connectivity index (χ1) is 9.63. The molecular formula is C17H24N2O. The fourth-order valence-electron chi connectivity index (χ4n) is 2.99. The van der Waals surface area contributed by atoms with E-state index in [-0.39, 0.29) is 0 Å². The Hall–Kier alpha value is -1.37. The van der Waals surface area contributed by atoms with E-state index >= 15 is 0 Å². The van der Waals surface area contributed by atoms with Gasteiger partial charge in [-0.1, -0.05) is 38.3 Å². The predicted molar refractivity (Wildman–Crippen MR) is 80.2 cm³/mol. The molecule has 0 amide bonds. The summed E-state index contributed by atoms with van der Waals surface area (Å²) in [5.74, 6) is 0. The van der Waals surface area contributed by atoms with Crippen LogP contribution >= 0.6 is 0 Å².